The van der Waals surface area contributed by atoms with E-state index in [0.717, 1.165) is 27.4 Å². The minimum absolute atomic E-state index is 0.0370. The van der Waals surface area contributed by atoms with Gasteiger partial charge in [0.1, 0.15) is 10.8 Å². The van der Waals surface area contributed by atoms with Gasteiger partial charge in [-0.3, -0.25) is 4.79 Å². The van der Waals surface area contributed by atoms with Gasteiger partial charge in [-0.25, -0.2) is 4.98 Å². The van der Waals surface area contributed by atoms with Crippen LogP contribution in [0.25, 0.3) is 10.6 Å². The molecule has 0 bridgehead atoms. The third-order valence-corrected chi connectivity index (χ3v) is 3.78. The molecule has 1 heterocycles. The van der Waals surface area contributed by atoms with Gasteiger partial charge in [-0.1, -0.05) is 0 Å². The molecule has 5 heteroatoms. The molecule has 0 amide bonds. The van der Waals surface area contributed by atoms with Crippen molar-refractivity contribution >= 4 is 17.3 Å². The molecule has 0 aliphatic carbocycles. The molecular weight excluding hydrogens is 262 g/mol. The Labute approximate surface area is 115 Å². The molecule has 0 radical (unpaired) electrons. The molecule has 1 aromatic heterocycles. The maximum absolute atomic E-state index is 10.7. The number of carboxylic acid groups (broad SMARTS) is 1. The lowest BCUT2D eigenvalue weighted by Gasteiger charge is -2.09. The predicted molar refractivity (Wildman–Crippen MR) is 74.9 cm³/mol. The van der Waals surface area contributed by atoms with E-state index < -0.39 is 5.97 Å². The van der Waals surface area contributed by atoms with Crippen molar-refractivity contribution in [1.29, 1.82) is 0 Å². The van der Waals surface area contributed by atoms with Gasteiger partial charge in [0.05, 0.1) is 19.2 Å². The average Bonchev–Trinajstić information content (AvgIpc) is 2.79. The number of rotatable bonds is 4. The summed E-state index contributed by atoms with van der Waals surface area (Å²) in [5.74, 6) is -0.0111. The second-order valence-corrected chi connectivity index (χ2v) is 5.21. The van der Waals surface area contributed by atoms with Gasteiger partial charge in [0.2, 0.25) is 0 Å². The number of thiazole rings is 1. The minimum Gasteiger partial charge on any atom is -0.496 e. The average molecular weight is 277 g/mol. The number of benzene rings is 1. The lowest BCUT2D eigenvalue weighted by atomic mass is 10.1. The topological polar surface area (TPSA) is 59.4 Å². The number of nitrogens with zero attached hydrogens (tertiary/aromatic N) is 1. The van der Waals surface area contributed by atoms with E-state index in [9.17, 15) is 4.79 Å². The number of methoxy groups -OCH3 is 1. The highest BCUT2D eigenvalue weighted by atomic mass is 32.1. The number of carboxylic acids is 1. The van der Waals surface area contributed by atoms with Crippen LogP contribution in [0.5, 0.6) is 5.75 Å². The summed E-state index contributed by atoms with van der Waals surface area (Å²) in [4.78, 5) is 15.0. The van der Waals surface area contributed by atoms with E-state index in [-0.39, 0.29) is 6.42 Å². The van der Waals surface area contributed by atoms with Gasteiger partial charge < -0.3 is 9.84 Å². The van der Waals surface area contributed by atoms with Crippen molar-refractivity contribution in [1.82, 2.24) is 4.98 Å². The molecule has 0 spiro atoms. The Balaban J connectivity index is 2.39. The molecular formula is C14H15NO3S. The second kappa shape index (κ2) is 5.40. The zero-order chi connectivity index (χ0) is 14.0. The smallest absolute Gasteiger partial charge is 0.309 e. The fourth-order valence-corrected chi connectivity index (χ4v) is 2.81. The van der Waals surface area contributed by atoms with Crippen LogP contribution in [0.4, 0.5) is 0 Å². The Hall–Kier alpha value is -1.88. The highest BCUT2D eigenvalue weighted by Crippen LogP contribution is 2.32. The second-order valence-electron chi connectivity index (χ2n) is 4.35. The zero-order valence-electron chi connectivity index (χ0n) is 11.1. The van der Waals surface area contributed by atoms with Gasteiger partial charge >= 0.3 is 5.97 Å². The van der Waals surface area contributed by atoms with Crippen LogP contribution in [0.3, 0.4) is 0 Å². The summed E-state index contributed by atoms with van der Waals surface area (Å²) < 4.78 is 5.28. The lowest BCUT2D eigenvalue weighted by Crippen LogP contribution is -2.00. The van der Waals surface area contributed by atoms with Gasteiger partial charge in [-0.05, 0) is 37.1 Å². The van der Waals surface area contributed by atoms with E-state index in [2.05, 4.69) is 4.98 Å². The van der Waals surface area contributed by atoms with Crippen molar-refractivity contribution in [3.05, 3.63) is 34.3 Å². The standard InChI is InChI=1S/C14H15NO3S/c1-8-5-12(18-3)9(2)4-11(8)14-15-10(7-19-14)6-13(16)17/h4-5,7H,6H2,1-3H3,(H,16,17). The molecule has 0 saturated carbocycles. The molecule has 0 aliphatic heterocycles. The van der Waals surface area contributed by atoms with Crippen LogP contribution < -0.4 is 4.74 Å². The van der Waals surface area contributed by atoms with Crippen LogP contribution in [0.2, 0.25) is 0 Å². The number of aryl methyl sites for hydroxylation is 2. The molecule has 0 saturated heterocycles. The Morgan fingerprint density at radius 3 is 2.74 bits per heavy atom. The molecule has 0 aliphatic rings. The van der Waals surface area contributed by atoms with Crippen LogP contribution in [0.15, 0.2) is 17.5 Å². The highest BCUT2D eigenvalue weighted by Gasteiger charge is 2.12. The van der Waals surface area contributed by atoms with E-state index in [1.807, 2.05) is 26.0 Å². The van der Waals surface area contributed by atoms with Crippen LogP contribution in [0, 0.1) is 13.8 Å². The van der Waals surface area contributed by atoms with Crippen molar-refractivity contribution < 1.29 is 14.6 Å². The number of aliphatic carboxylic acids is 1. The van der Waals surface area contributed by atoms with Crippen LogP contribution in [-0.2, 0) is 11.2 Å². The van der Waals surface area contributed by atoms with Crippen LogP contribution >= 0.6 is 11.3 Å². The highest BCUT2D eigenvalue weighted by molar-refractivity contribution is 7.13. The molecule has 1 aromatic carbocycles. The number of carbonyl (C=O) groups is 1. The SMILES string of the molecule is COc1cc(C)c(-c2nc(CC(=O)O)cs2)cc1C. The summed E-state index contributed by atoms with van der Waals surface area (Å²) >= 11 is 1.47. The molecule has 100 valence electrons. The van der Waals surface area contributed by atoms with E-state index in [1.165, 1.54) is 11.3 Å². The van der Waals surface area contributed by atoms with Gasteiger partial charge in [0.15, 0.2) is 0 Å². The van der Waals surface area contributed by atoms with Crippen LogP contribution in [0.1, 0.15) is 16.8 Å². The maximum Gasteiger partial charge on any atom is 0.309 e. The van der Waals surface area contributed by atoms with Crippen LogP contribution in [-0.4, -0.2) is 23.2 Å². The molecule has 4 nitrogen and oxygen atoms in total. The molecule has 19 heavy (non-hydrogen) atoms. The first kappa shape index (κ1) is 13.5. The molecule has 1 N–H and O–H groups in total. The Kier molecular flexibility index (Phi) is 3.85. The van der Waals surface area contributed by atoms with Crippen molar-refractivity contribution in [2.75, 3.05) is 7.11 Å². The first-order valence-corrected chi connectivity index (χ1v) is 6.71. The Morgan fingerprint density at radius 1 is 1.37 bits per heavy atom. The fraction of sp³-hybridized carbons (Fsp3) is 0.286. The maximum atomic E-state index is 10.7. The molecule has 2 aromatic rings. The quantitative estimate of drug-likeness (QED) is 0.933. The first-order chi connectivity index (χ1) is 9.01. The number of aromatic nitrogens is 1. The van der Waals surface area contributed by atoms with Crippen molar-refractivity contribution in [3.63, 3.8) is 0 Å². The summed E-state index contributed by atoms with van der Waals surface area (Å²) in [5, 5.41) is 11.4. The number of hydrogen-bond donors (Lipinski definition) is 1. The van der Waals surface area contributed by atoms with Crippen molar-refractivity contribution in [2.24, 2.45) is 0 Å². The first-order valence-electron chi connectivity index (χ1n) is 5.83. The Morgan fingerprint density at radius 2 is 2.11 bits per heavy atom. The Bertz CT molecular complexity index is 619. The molecule has 0 fully saturated rings. The van der Waals surface area contributed by atoms with Crippen molar-refractivity contribution in [2.45, 2.75) is 20.3 Å². The minimum atomic E-state index is -0.862. The summed E-state index contributed by atoms with van der Waals surface area (Å²) in [6.45, 7) is 3.98. The van der Waals surface area contributed by atoms with Gasteiger partial charge in [-0.15, -0.1) is 11.3 Å². The summed E-state index contributed by atoms with van der Waals surface area (Å²) in [7, 11) is 1.65. The monoisotopic (exact) mass is 277 g/mol. The third kappa shape index (κ3) is 2.93. The van der Waals surface area contributed by atoms with Gasteiger partial charge in [0.25, 0.3) is 0 Å². The number of hydrogen-bond acceptors (Lipinski definition) is 4. The summed E-state index contributed by atoms with van der Waals surface area (Å²) in [6, 6.07) is 4.00. The summed E-state index contributed by atoms with van der Waals surface area (Å²) in [6.07, 6.45) is -0.0370. The fourth-order valence-electron chi connectivity index (χ4n) is 1.91. The largest absolute Gasteiger partial charge is 0.496 e. The lowest BCUT2D eigenvalue weighted by molar-refractivity contribution is -0.136. The number of ether oxygens (including phenoxy) is 1. The van der Waals surface area contributed by atoms with Gasteiger partial charge in [0, 0.05) is 10.9 Å². The van der Waals surface area contributed by atoms with E-state index >= 15 is 0 Å². The van der Waals surface area contributed by atoms with Gasteiger partial charge in [-0.2, -0.15) is 0 Å². The molecule has 2 rings (SSSR count). The normalized spacial score (nSPS) is 10.5. The predicted octanol–water partition coefficient (Wildman–Crippen LogP) is 3.06. The molecule has 0 atom stereocenters. The van der Waals surface area contributed by atoms with E-state index in [0.29, 0.717) is 5.69 Å². The van der Waals surface area contributed by atoms with E-state index in [4.69, 9.17) is 9.84 Å². The summed E-state index contributed by atoms with van der Waals surface area (Å²) in [5.41, 5.74) is 3.73. The third-order valence-electron chi connectivity index (χ3n) is 2.86. The van der Waals surface area contributed by atoms with Crippen molar-refractivity contribution in [3.8, 4) is 16.3 Å². The zero-order valence-corrected chi connectivity index (χ0v) is 11.9. The molecule has 0 unspecified atom stereocenters. The van der Waals surface area contributed by atoms with E-state index in [1.54, 1.807) is 12.5 Å².